The molecule has 116 valence electrons. The zero-order chi connectivity index (χ0) is 15.5. The van der Waals surface area contributed by atoms with Crippen LogP contribution in [0.15, 0.2) is 24.3 Å². The van der Waals surface area contributed by atoms with Gasteiger partial charge in [-0.15, -0.1) is 0 Å². The Morgan fingerprint density at radius 2 is 2.00 bits per heavy atom. The van der Waals surface area contributed by atoms with E-state index in [-0.39, 0.29) is 0 Å². The lowest BCUT2D eigenvalue weighted by Gasteiger charge is -2.38. The van der Waals surface area contributed by atoms with E-state index in [9.17, 15) is 4.79 Å². The Bertz CT molecular complexity index is 496. The number of methoxy groups -OCH3 is 1. The first-order chi connectivity index (χ1) is 9.92. The van der Waals surface area contributed by atoms with Gasteiger partial charge in [0.2, 0.25) is 5.91 Å². The number of nitrogens with zero attached hydrogens (tertiary/aromatic N) is 2. The summed E-state index contributed by atoms with van der Waals surface area (Å²) >= 11 is 0. The summed E-state index contributed by atoms with van der Waals surface area (Å²) in [6.07, 6.45) is 0. The minimum Gasteiger partial charge on any atom is -0.497 e. The number of ether oxygens (including phenoxy) is 1. The lowest BCUT2D eigenvalue weighted by Crippen LogP contribution is -2.59. The number of benzene rings is 1. The van der Waals surface area contributed by atoms with Crippen LogP contribution in [0.5, 0.6) is 5.75 Å². The third-order valence-electron chi connectivity index (χ3n) is 3.91. The second-order valence-corrected chi connectivity index (χ2v) is 5.75. The summed E-state index contributed by atoms with van der Waals surface area (Å²) in [6.45, 7) is 5.68. The summed E-state index contributed by atoms with van der Waals surface area (Å²) in [6, 6.07) is 8.04. The van der Waals surface area contributed by atoms with Crippen molar-refractivity contribution in [3.63, 3.8) is 0 Å². The van der Waals surface area contributed by atoms with Crippen molar-refractivity contribution < 1.29 is 9.53 Å². The van der Waals surface area contributed by atoms with Crippen molar-refractivity contribution in [2.45, 2.75) is 12.5 Å². The molecule has 0 bridgehead atoms. The lowest BCUT2D eigenvalue weighted by atomic mass is 10.0. The first-order valence-corrected chi connectivity index (χ1v) is 7.12. The number of amides is 1. The van der Waals surface area contributed by atoms with E-state index in [1.807, 2.05) is 18.2 Å². The highest BCUT2D eigenvalue weighted by Gasteiger charge is 2.30. The van der Waals surface area contributed by atoms with Crippen LogP contribution in [0.2, 0.25) is 0 Å². The number of piperazine rings is 1. The Labute approximate surface area is 125 Å². The molecular weight excluding hydrogens is 268 g/mol. The maximum atomic E-state index is 11.3. The topological polar surface area (TPSA) is 84.8 Å². The van der Waals surface area contributed by atoms with E-state index in [1.54, 1.807) is 14.0 Å². The van der Waals surface area contributed by atoms with Gasteiger partial charge in [-0.25, -0.2) is 0 Å². The van der Waals surface area contributed by atoms with Crippen LogP contribution < -0.4 is 21.1 Å². The van der Waals surface area contributed by atoms with E-state index in [0.29, 0.717) is 6.54 Å². The van der Waals surface area contributed by atoms with Crippen LogP contribution >= 0.6 is 0 Å². The molecule has 0 aromatic heterocycles. The van der Waals surface area contributed by atoms with Crippen molar-refractivity contribution in [2.24, 2.45) is 11.5 Å². The molecule has 0 spiro atoms. The molecule has 0 saturated carbocycles. The first kappa shape index (κ1) is 15.6. The molecule has 4 N–H and O–H groups in total. The second-order valence-electron chi connectivity index (χ2n) is 5.75. The molecule has 0 radical (unpaired) electrons. The van der Waals surface area contributed by atoms with E-state index in [2.05, 4.69) is 15.9 Å². The molecule has 6 nitrogen and oxygen atoms in total. The Morgan fingerprint density at radius 3 is 2.57 bits per heavy atom. The molecule has 1 aromatic carbocycles. The average molecular weight is 292 g/mol. The van der Waals surface area contributed by atoms with Crippen LogP contribution in [0.25, 0.3) is 0 Å². The second kappa shape index (κ2) is 6.32. The number of rotatable bonds is 5. The van der Waals surface area contributed by atoms with E-state index in [0.717, 1.165) is 37.6 Å². The van der Waals surface area contributed by atoms with Crippen LogP contribution in [-0.4, -0.2) is 56.2 Å². The molecular formula is C15H24N4O2. The molecule has 1 amide bonds. The highest BCUT2D eigenvalue weighted by atomic mass is 16.5. The lowest BCUT2D eigenvalue weighted by molar-refractivity contribution is -0.123. The van der Waals surface area contributed by atoms with Crippen molar-refractivity contribution in [3.8, 4) is 5.75 Å². The molecule has 1 unspecified atom stereocenters. The predicted octanol–water partition coefficient (Wildman–Crippen LogP) is 0.0199. The molecule has 21 heavy (non-hydrogen) atoms. The van der Waals surface area contributed by atoms with Gasteiger partial charge in [0, 0.05) is 44.5 Å². The largest absolute Gasteiger partial charge is 0.497 e. The van der Waals surface area contributed by atoms with Gasteiger partial charge in [-0.05, 0) is 19.1 Å². The zero-order valence-corrected chi connectivity index (χ0v) is 12.7. The number of carbonyl (C=O) groups is 1. The van der Waals surface area contributed by atoms with Crippen molar-refractivity contribution in [2.75, 3.05) is 44.7 Å². The third-order valence-corrected chi connectivity index (χ3v) is 3.91. The van der Waals surface area contributed by atoms with Gasteiger partial charge in [0.25, 0.3) is 0 Å². The van der Waals surface area contributed by atoms with E-state index in [1.165, 1.54) is 0 Å². The standard InChI is InChI=1S/C15H24N4O2/c1-15(17,14(16)20)11-18-6-8-19(9-7-18)12-4-3-5-13(10-12)21-2/h3-5,10H,6-9,11,17H2,1-2H3,(H2,16,20). The number of carbonyl (C=O) groups excluding carboxylic acids is 1. The maximum Gasteiger partial charge on any atom is 0.238 e. The van der Waals surface area contributed by atoms with Crippen LogP contribution in [0.4, 0.5) is 5.69 Å². The number of anilines is 1. The summed E-state index contributed by atoms with van der Waals surface area (Å²) in [5.74, 6) is 0.399. The van der Waals surface area contributed by atoms with Gasteiger partial charge < -0.3 is 21.1 Å². The molecule has 6 heteroatoms. The van der Waals surface area contributed by atoms with Crippen LogP contribution in [0.3, 0.4) is 0 Å². The molecule has 2 rings (SSSR count). The zero-order valence-electron chi connectivity index (χ0n) is 12.7. The van der Waals surface area contributed by atoms with Crippen LogP contribution in [0, 0.1) is 0 Å². The summed E-state index contributed by atoms with van der Waals surface area (Å²) in [5, 5.41) is 0. The molecule has 1 fully saturated rings. The highest BCUT2D eigenvalue weighted by Crippen LogP contribution is 2.22. The predicted molar refractivity (Wildman–Crippen MR) is 83.4 cm³/mol. The van der Waals surface area contributed by atoms with Gasteiger partial charge in [-0.1, -0.05) is 6.07 Å². The van der Waals surface area contributed by atoms with Gasteiger partial charge in [0.15, 0.2) is 0 Å². The SMILES string of the molecule is COc1cccc(N2CCN(CC(C)(N)C(N)=O)CC2)c1. The Balaban J connectivity index is 1.92. The quantitative estimate of drug-likeness (QED) is 0.799. The molecule has 1 saturated heterocycles. The molecule has 1 atom stereocenters. The van der Waals surface area contributed by atoms with Crippen molar-refractivity contribution >= 4 is 11.6 Å². The molecule has 1 aliphatic heterocycles. The van der Waals surface area contributed by atoms with Crippen LogP contribution in [0.1, 0.15) is 6.92 Å². The molecule has 0 aliphatic carbocycles. The fourth-order valence-electron chi connectivity index (χ4n) is 2.51. The van der Waals surface area contributed by atoms with Gasteiger partial charge in [-0.3, -0.25) is 9.69 Å². The minimum absolute atomic E-state index is 0.460. The summed E-state index contributed by atoms with van der Waals surface area (Å²) in [7, 11) is 1.67. The first-order valence-electron chi connectivity index (χ1n) is 7.12. The fraction of sp³-hybridized carbons (Fsp3) is 0.533. The van der Waals surface area contributed by atoms with Gasteiger partial charge in [0.1, 0.15) is 11.3 Å². The van der Waals surface area contributed by atoms with E-state index >= 15 is 0 Å². The minimum atomic E-state index is -0.974. The Hall–Kier alpha value is -1.79. The van der Waals surface area contributed by atoms with Crippen LogP contribution in [-0.2, 0) is 4.79 Å². The van der Waals surface area contributed by atoms with Crippen molar-refractivity contribution in [1.29, 1.82) is 0 Å². The number of hydrogen-bond acceptors (Lipinski definition) is 5. The van der Waals surface area contributed by atoms with Gasteiger partial charge >= 0.3 is 0 Å². The monoisotopic (exact) mass is 292 g/mol. The number of nitrogens with two attached hydrogens (primary N) is 2. The average Bonchev–Trinajstić information content (AvgIpc) is 2.47. The Kier molecular flexibility index (Phi) is 4.69. The maximum absolute atomic E-state index is 11.3. The van der Waals surface area contributed by atoms with Crippen molar-refractivity contribution in [1.82, 2.24) is 4.90 Å². The van der Waals surface area contributed by atoms with Crippen molar-refractivity contribution in [3.05, 3.63) is 24.3 Å². The normalized spacial score (nSPS) is 19.1. The third kappa shape index (κ3) is 3.86. The summed E-state index contributed by atoms with van der Waals surface area (Å²) in [4.78, 5) is 15.8. The fourth-order valence-corrected chi connectivity index (χ4v) is 2.51. The summed E-state index contributed by atoms with van der Waals surface area (Å²) < 4.78 is 5.25. The number of hydrogen-bond donors (Lipinski definition) is 2. The smallest absolute Gasteiger partial charge is 0.238 e. The van der Waals surface area contributed by atoms with E-state index in [4.69, 9.17) is 16.2 Å². The van der Waals surface area contributed by atoms with E-state index < -0.39 is 11.4 Å². The molecule has 1 aliphatic rings. The molecule has 1 aromatic rings. The number of primary amides is 1. The Morgan fingerprint density at radius 1 is 1.33 bits per heavy atom. The molecule has 1 heterocycles. The van der Waals surface area contributed by atoms with Gasteiger partial charge in [-0.2, -0.15) is 0 Å². The highest BCUT2D eigenvalue weighted by molar-refractivity contribution is 5.84. The summed E-state index contributed by atoms with van der Waals surface area (Å²) in [5.41, 5.74) is 11.4. The van der Waals surface area contributed by atoms with Gasteiger partial charge in [0.05, 0.1) is 7.11 Å².